The van der Waals surface area contributed by atoms with Gasteiger partial charge in [0.1, 0.15) is 17.0 Å². The van der Waals surface area contributed by atoms with Crippen molar-refractivity contribution in [2.45, 2.75) is 38.2 Å². The number of hydrogen-bond donors (Lipinski definition) is 0. The maximum absolute atomic E-state index is 5.76. The molecule has 0 bridgehead atoms. The van der Waals surface area contributed by atoms with Crippen molar-refractivity contribution in [3.05, 3.63) is 17.0 Å². The highest BCUT2D eigenvalue weighted by atomic mass is 79.9. The van der Waals surface area contributed by atoms with Gasteiger partial charge in [0.15, 0.2) is 0 Å². The van der Waals surface area contributed by atoms with E-state index < -0.39 is 0 Å². The van der Waals surface area contributed by atoms with E-state index in [0.29, 0.717) is 12.0 Å². The molecule has 0 unspecified atom stereocenters. The summed E-state index contributed by atoms with van der Waals surface area (Å²) in [6.07, 6.45) is 8.07. The number of halogens is 1. The third kappa shape index (κ3) is 2.67. The fourth-order valence-electron chi connectivity index (χ4n) is 1.74. The lowest BCUT2D eigenvalue weighted by Crippen LogP contribution is -2.20. The van der Waals surface area contributed by atoms with E-state index in [4.69, 9.17) is 4.74 Å². The Bertz CT molecular complexity index is 300. The van der Waals surface area contributed by atoms with Gasteiger partial charge in [0.2, 0.25) is 5.88 Å². The first-order chi connectivity index (χ1) is 6.84. The largest absolute Gasteiger partial charge is 0.474 e. The second kappa shape index (κ2) is 4.73. The smallest absolute Gasteiger partial charge is 0.217 e. The Morgan fingerprint density at radius 2 is 2.00 bits per heavy atom. The van der Waals surface area contributed by atoms with E-state index in [0.717, 1.165) is 17.4 Å². The molecule has 1 aromatic rings. The van der Waals surface area contributed by atoms with Crippen LogP contribution in [0.5, 0.6) is 5.88 Å². The van der Waals surface area contributed by atoms with Crippen molar-refractivity contribution < 1.29 is 4.74 Å². The molecule has 14 heavy (non-hydrogen) atoms. The minimum atomic E-state index is 0.352. The van der Waals surface area contributed by atoms with Gasteiger partial charge in [-0.15, -0.1) is 0 Å². The predicted octanol–water partition coefficient (Wildman–Crippen LogP) is 2.95. The average Bonchev–Trinajstić information content (AvgIpc) is 2.19. The molecule has 0 aliphatic heterocycles. The van der Waals surface area contributed by atoms with Gasteiger partial charge in [-0.3, -0.25) is 0 Å². The minimum Gasteiger partial charge on any atom is -0.474 e. The van der Waals surface area contributed by atoms with E-state index in [1.54, 1.807) is 0 Å². The Morgan fingerprint density at radius 1 is 1.21 bits per heavy atom. The lowest BCUT2D eigenvalue weighted by Gasteiger charge is -2.22. The Morgan fingerprint density at radius 3 is 2.71 bits per heavy atom. The van der Waals surface area contributed by atoms with E-state index in [1.165, 1.54) is 25.6 Å². The van der Waals surface area contributed by atoms with Gasteiger partial charge in [-0.25, -0.2) is 9.97 Å². The van der Waals surface area contributed by atoms with Crippen molar-refractivity contribution in [1.29, 1.82) is 0 Å². The summed E-state index contributed by atoms with van der Waals surface area (Å²) in [6.45, 7) is 0. The molecule has 0 spiro atoms. The van der Waals surface area contributed by atoms with Crippen LogP contribution in [0, 0.1) is 0 Å². The predicted molar refractivity (Wildman–Crippen MR) is 57.2 cm³/mol. The number of rotatable bonds is 2. The van der Waals surface area contributed by atoms with Crippen molar-refractivity contribution in [2.75, 3.05) is 0 Å². The van der Waals surface area contributed by atoms with Crippen LogP contribution in [0.25, 0.3) is 0 Å². The molecule has 2 rings (SSSR count). The fourth-order valence-corrected chi connectivity index (χ4v) is 2.02. The summed E-state index contributed by atoms with van der Waals surface area (Å²) in [5.41, 5.74) is 0. The number of ether oxygens (including phenoxy) is 1. The summed E-state index contributed by atoms with van der Waals surface area (Å²) in [7, 11) is 0. The SMILES string of the molecule is Brc1cc(OC2CCCCC2)ncn1. The molecular formula is C10H13BrN2O. The van der Waals surface area contributed by atoms with Crippen LogP contribution in [0.15, 0.2) is 17.0 Å². The first-order valence-electron chi connectivity index (χ1n) is 4.99. The Kier molecular flexibility index (Phi) is 3.35. The summed E-state index contributed by atoms with van der Waals surface area (Å²) < 4.78 is 6.53. The summed E-state index contributed by atoms with van der Waals surface area (Å²) in [4.78, 5) is 8.03. The van der Waals surface area contributed by atoms with Gasteiger partial charge in [-0.2, -0.15) is 0 Å². The van der Waals surface area contributed by atoms with Gasteiger partial charge in [-0.1, -0.05) is 6.42 Å². The molecule has 0 saturated heterocycles. The molecule has 76 valence electrons. The van der Waals surface area contributed by atoms with Crippen LogP contribution < -0.4 is 4.74 Å². The van der Waals surface area contributed by atoms with Crippen molar-refractivity contribution >= 4 is 15.9 Å². The van der Waals surface area contributed by atoms with Crippen molar-refractivity contribution in [2.24, 2.45) is 0 Å². The standard InChI is InChI=1S/C10H13BrN2O/c11-9-6-10(13-7-12-9)14-8-4-2-1-3-5-8/h6-8H,1-5H2. The van der Waals surface area contributed by atoms with E-state index in [-0.39, 0.29) is 0 Å². The monoisotopic (exact) mass is 256 g/mol. The molecule has 1 heterocycles. The Labute approximate surface area is 92.0 Å². The van der Waals surface area contributed by atoms with Crippen LogP contribution >= 0.6 is 15.9 Å². The minimum absolute atomic E-state index is 0.352. The topological polar surface area (TPSA) is 35.0 Å². The maximum atomic E-state index is 5.76. The zero-order valence-electron chi connectivity index (χ0n) is 7.95. The first kappa shape index (κ1) is 9.90. The Balaban J connectivity index is 1.95. The lowest BCUT2D eigenvalue weighted by atomic mass is 9.98. The van der Waals surface area contributed by atoms with E-state index in [9.17, 15) is 0 Å². The molecule has 0 atom stereocenters. The number of nitrogens with zero attached hydrogens (tertiary/aromatic N) is 2. The third-order valence-electron chi connectivity index (χ3n) is 2.45. The maximum Gasteiger partial charge on any atom is 0.217 e. The van der Waals surface area contributed by atoms with Crippen molar-refractivity contribution in [3.63, 3.8) is 0 Å². The molecule has 1 aliphatic carbocycles. The van der Waals surface area contributed by atoms with Gasteiger partial charge in [0.05, 0.1) is 0 Å². The second-order valence-electron chi connectivity index (χ2n) is 3.56. The summed E-state index contributed by atoms with van der Waals surface area (Å²) in [5, 5.41) is 0. The summed E-state index contributed by atoms with van der Waals surface area (Å²) in [5.74, 6) is 0.679. The van der Waals surface area contributed by atoms with E-state index >= 15 is 0 Å². The number of aromatic nitrogens is 2. The van der Waals surface area contributed by atoms with Crippen LogP contribution in [0.4, 0.5) is 0 Å². The molecule has 0 radical (unpaired) electrons. The molecule has 3 nitrogen and oxygen atoms in total. The number of hydrogen-bond acceptors (Lipinski definition) is 3. The van der Waals surface area contributed by atoms with Gasteiger partial charge < -0.3 is 4.74 Å². The first-order valence-corrected chi connectivity index (χ1v) is 5.78. The molecule has 1 fully saturated rings. The van der Waals surface area contributed by atoms with Gasteiger partial charge in [0.25, 0.3) is 0 Å². The van der Waals surface area contributed by atoms with Gasteiger partial charge in [0, 0.05) is 6.07 Å². The molecular weight excluding hydrogens is 244 g/mol. The molecule has 0 N–H and O–H groups in total. The van der Waals surface area contributed by atoms with E-state index in [2.05, 4.69) is 25.9 Å². The fraction of sp³-hybridized carbons (Fsp3) is 0.600. The molecule has 0 aromatic carbocycles. The third-order valence-corrected chi connectivity index (χ3v) is 2.88. The molecule has 0 amide bonds. The highest BCUT2D eigenvalue weighted by Crippen LogP contribution is 2.22. The van der Waals surface area contributed by atoms with Crippen LogP contribution in [0.3, 0.4) is 0 Å². The van der Waals surface area contributed by atoms with Gasteiger partial charge in [-0.05, 0) is 41.6 Å². The molecule has 1 aromatic heterocycles. The average molecular weight is 257 g/mol. The van der Waals surface area contributed by atoms with Crippen LogP contribution in [-0.4, -0.2) is 16.1 Å². The quantitative estimate of drug-likeness (QED) is 0.764. The van der Waals surface area contributed by atoms with Crippen molar-refractivity contribution in [3.8, 4) is 5.88 Å². The highest BCUT2D eigenvalue weighted by molar-refractivity contribution is 9.10. The highest BCUT2D eigenvalue weighted by Gasteiger charge is 2.15. The molecule has 1 saturated carbocycles. The lowest BCUT2D eigenvalue weighted by molar-refractivity contribution is 0.148. The summed E-state index contributed by atoms with van der Waals surface area (Å²) in [6, 6.07) is 1.81. The second-order valence-corrected chi connectivity index (χ2v) is 4.37. The van der Waals surface area contributed by atoms with Crippen LogP contribution in [0.1, 0.15) is 32.1 Å². The molecule has 4 heteroatoms. The summed E-state index contributed by atoms with van der Waals surface area (Å²) >= 11 is 3.30. The Hall–Kier alpha value is -0.640. The van der Waals surface area contributed by atoms with Crippen molar-refractivity contribution in [1.82, 2.24) is 9.97 Å². The zero-order valence-corrected chi connectivity index (χ0v) is 9.53. The van der Waals surface area contributed by atoms with Crippen LogP contribution in [-0.2, 0) is 0 Å². The van der Waals surface area contributed by atoms with Gasteiger partial charge >= 0.3 is 0 Å². The van der Waals surface area contributed by atoms with Crippen LogP contribution in [0.2, 0.25) is 0 Å². The van der Waals surface area contributed by atoms with E-state index in [1.807, 2.05) is 6.07 Å². The zero-order chi connectivity index (χ0) is 9.80. The molecule has 1 aliphatic rings. The normalized spacial score (nSPS) is 18.1.